The Bertz CT molecular complexity index is 931. The van der Waals surface area contributed by atoms with E-state index in [0.29, 0.717) is 5.92 Å². The molecule has 0 fully saturated rings. The lowest BCUT2D eigenvalue weighted by Crippen LogP contribution is -2.21. The molecule has 0 saturated carbocycles. The Morgan fingerprint density at radius 3 is 2.38 bits per heavy atom. The first kappa shape index (κ1) is 20.6. The number of methoxy groups -OCH3 is 1. The van der Waals surface area contributed by atoms with Gasteiger partial charge in [-0.2, -0.15) is 5.10 Å². The Morgan fingerprint density at radius 1 is 1.10 bits per heavy atom. The SMILES string of the molecule is CC[C@@H](C(=O)Nc1c(-c2ccc(OC)cc2)n[nH]c1CC(C)C)c1ccccc1. The highest BCUT2D eigenvalue weighted by Crippen LogP contribution is 2.32. The van der Waals surface area contributed by atoms with E-state index < -0.39 is 0 Å². The van der Waals surface area contributed by atoms with Crippen LogP contribution in [0.25, 0.3) is 11.3 Å². The lowest BCUT2D eigenvalue weighted by Gasteiger charge is -2.17. The van der Waals surface area contributed by atoms with Crippen LogP contribution in [-0.2, 0) is 11.2 Å². The minimum absolute atomic E-state index is 0.0140. The van der Waals surface area contributed by atoms with Crippen molar-refractivity contribution >= 4 is 11.6 Å². The molecule has 0 saturated heterocycles. The molecule has 5 heteroatoms. The molecule has 0 aliphatic rings. The van der Waals surface area contributed by atoms with Gasteiger partial charge in [-0.1, -0.05) is 51.1 Å². The van der Waals surface area contributed by atoms with Crippen LogP contribution in [0.2, 0.25) is 0 Å². The summed E-state index contributed by atoms with van der Waals surface area (Å²) in [5, 5.41) is 10.8. The Labute approximate surface area is 172 Å². The van der Waals surface area contributed by atoms with Crippen LogP contribution in [0.5, 0.6) is 5.75 Å². The Balaban J connectivity index is 1.95. The van der Waals surface area contributed by atoms with Crippen LogP contribution in [0.3, 0.4) is 0 Å². The van der Waals surface area contributed by atoms with E-state index in [4.69, 9.17) is 4.74 Å². The second-order valence-electron chi connectivity index (χ2n) is 7.61. The molecular weight excluding hydrogens is 362 g/mol. The van der Waals surface area contributed by atoms with Gasteiger partial charge in [0.15, 0.2) is 0 Å². The molecular formula is C24H29N3O2. The first-order valence-corrected chi connectivity index (χ1v) is 10.1. The molecule has 5 nitrogen and oxygen atoms in total. The zero-order valence-electron chi connectivity index (χ0n) is 17.5. The Hall–Kier alpha value is -3.08. The normalized spacial score (nSPS) is 12.0. The average molecular weight is 392 g/mol. The molecule has 0 aliphatic carbocycles. The number of amides is 1. The maximum Gasteiger partial charge on any atom is 0.232 e. The van der Waals surface area contributed by atoms with Gasteiger partial charge >= 0.3 is 0 Å². The number of aromatic amines is 1. The highest BCUT2D eigenvalue weighted by molar-refractivity contribution is 5.99. The van der Waals surface area contributed by atoms with Crippen molar-refractivity contribution in [3.05, 3.63) is 65.9 Å². The average Bonchev–Trinajstić information content (AvgIpc) is 3.11. The summed E-state index contributed by atoms with van der Waals surface area (Å²) < 4.78 is 5.25. The van der Waals surface area contributed by atoms with Crippen molar-refractivity contribution in [2.75, 3.05) is 12.4 Å². The third-order valence-corrected chi connectivity index (χ3v) is 4.99. The van der Waals surface area contributed by atoms with Crippen molar-refractivity contribution in [1.29, 1.82) is 0 Å². The maximum atomic E-state index is 13.2. The predicted octanol–water partition coefficient (Wildman–Crippen LogP) is 5.42. The number of hydrogen-bond acceptors (Lipinski definition) is 3. The van der Waals surface area contributed by atoms with Crippen molar-refractivity contribution in [3.8, 4) is 17.0 Å². The summed E-state index contributed by atoms with van der Waals surface area (Å²) in [7, 11) is 1.64. The topological polar surface area (TPSA) is 67.0 Å². The maximum absolute atomic E-state index is 13.2. The summed E-state index contributed by atoms with van der Waals surface area (Å²) in [5.41, 5.74) is 4.41. The van der Waals surface area contributed by atoms with E-state index in [1.165, 1.54) is 0 Å². The highest BCUT2D eigenvalue weighted by Gasteiger charge is 2.23. The van der Waals surface area contributed by atoms with Crippen molar-refractivity contribution < 1.29 is 9.53 Å². The monoisotopic (exact) mass is 391 g/mol. The second kappa shape index (κ2) is 9.41. The van der Waals surface area contributed by atoms with Crippen molar-refractivity contribution in [2.24, 2.45) is 5.92 Å². The van der Waals surface area contributed by atoms with Gasteiger partial charge in [0.1, 0.15) is 11.4 Å². The van der Waals surface area contributed by atoms with Crippen LogP contribution < -0.4 is 10.1 Å². The van der Waals surface area contributed by atoms with Gasteiger partial charge < -0.3 is 10.1 Å². The first-order chi connectivity index (χ1) is 14.0. The fourth-order valence-electron chi connectivity index (χ4n) is 3.49. The molecule has 0 unspecified atom stereocenters. The van der Waals surface area contributed by atoms with E-state index in [2.05, 4.69) is 29.4 Å². The Morgan fingerprint density at radius 2 is 1.79 bits per heavy atom. The van der Waals surface area contributed by atoms with Crippen LogP contribution in [0.1, 0.15) is 44.4 Å². The van der Waals surface area contributed by atoms with Crippen LogP contribution in [0, 0.1) is 5.92 Å². The molecule has 3 rings (SSSR count). The van der Waals surface area contributed by atoms with E-state index >= 15 is 0 Å². The summed E-state index contributed by atoms with van der Waals surface area (Å²) in [6.45, 7) is 6.34. The molecule has 2 aromatic carbocycles. The number of benzene rings is 2. The molecule has 152 valence electrons. The second-order valence-corrected chi connectivity index (χ2v) is 7.61. The van der Waals surface area contributed by atoms with Crippen LogP contribution >= 0.6 is 0 Å². The molecule has 1 heterocycles. The van der Waals surface area contributed by atoms with E-state index in [0.717, 1.165) is 46.8 Å². The molecule has 1 atom stereocenters. The number of hydrogen-bond donors (Lipinski definition) is 2. The quantitative estimate of drug-likeness (QED) is 0.539. The van der Waals surface area contributed by atoms with Crippen LogP contribution in [0.4, 0.5) is 5.69 Å². The zero-order valence-corrected chi connectivity index (χ0v) is 17.5. The number of nitrogens with zero attached hydrogens (tertiary/aromatic N) is 1. The third kappa shape index (κ3) is 4.86. The molecule has 1 amide bonds. The number of carbonyl (C=O) groups is 1. The van der Waals surface area contributed by atoms with Crippen molar-refractivity contribution in [1.82, 2.24) is 10.2 Å². The van der Waals surface area contributed by atoms with E-state index in [1.54, 1.807) is 7.11 Å². The van der Waals surface area contributed by atoms with E-state index in [1.807, 2.05) is 61.5 Å². The summed E-state index contributed by atoms with van der Waals surface area (Å²) in [5.74, 6) is 1.000. The van der Waals surface area contributed by atoms with Gasteiger partial charge in [0.25, 0.3) is 0 Å². The smallest absolute Gasteiger partial charge is 0.232 e. The van der Waals surface area contributed by atoms with Crippen molar-refractivity contribution in [3.63, 3.8) is 0 Å². The van der Waals surface area contributed by atoms with Crippen LogP contribution in [-0.4, -0.2) is 23.2 Å². The largest absolute Gasteiger partial charge is 0.497 e. The summed E-state index contributed by atoms with van der Waals surface area (Å²) in [6, 6.07) is 17.6. The Kier molecular flexibility index (Phi) is 6.70. The predicted molar refractivity (Wildman–Crippen MR) is 117 cm³/mol. The van der Waals surface area contributed by atoms with Gasteiger partial charge in [-0.15, -0.1) is 0 Å². The lowest BCUT2D eigenvalue weighted by atomic mass is 9.95. The van der Waals surface area contributed by atoms with E-state index in [9.17, 15) is 4.79 Å². The third-order valence-electron chi connectivity index (χ3n) is 4.99. The molecule has 0 spiro atoms. The molecule has 0 aliphatic heterocycles. The van der Waals surface area contributed by atoms with E-state index in [-0.39, 0.29) is 11.8 Å². The van der Waals surface area contributed by atoms with Gasteiger partial charge in [0.05, 0.1) is 24.4 Å². The summed E-state index contributed by atoms with van der Waals surface area (Å²) >= 11 is 0. The summed E-state index contributed by atoms with van der Waals surface area (Å²) in [4.78, 5) is 13.2. The van der Waals surface area contributed by atoms with Gasteiger partial charge in [0, 0.05) is 5.56 Å². The zero-order chi connectivity index (χ0) is 20.8. The number of rotatable bonds is 8. The number of anilines is 1. The minimum atomic E-state index is -0.207. The fourth-order valence-corrected chi connectivity index (χ4v) is 3.49. The molecule has 0 radical (unpaired) electrons. The van der Waals surface area contributed by atoms with Crippen LogP contribution in [0.15, 0.2) is 54.6 Å². The molecule has 1 aromatic heterocycles. The van der Waals surface area contributed by atoms with Gasteiger partial charge in [-0.25, -0.2) is 0 Å². The highest BCUT2D eigenvalue weighted by atomic mass is 16.5. The first-order valence-electron chi connectivity index (χ1n) is 10.1. The fraction of sp³-hybridized carbons (Fsp3) is 0.333. The van der Waals surface area contributed by atoms with Gasteiger partial charge in [-0.05, 0) is 48.6 Å². The molecule has 2 N–H and O–H groups in total. The van der Waals surface area contributed by atoms with Gasteiger partial charge in [0.2, 0.25) is 5.91 Å². The molecule has 3 aromatic rings. The summed E-state index contributed by atoms with van der Waals surface area (Å²) in [6.07, 6.45) is 1.53. The number of ether oxygens (including phenoxy) is 1. The number of H-pyrrole nitrogens is 1. The molecule has 0 bridgehead atoms. The minimum Gasteiger partial charge on any atom is -0.497 e. The molecule has 29 heavy (non-hydrogen) atoms. The van der Waals surface area contributed by atoms with Crippen molar-refractivity contribution in [2.45, 2.75) is 39.5 Å². The van der Waals surface area contributed by atoms with Gasteiger partial charge in [-0.3, -0.25) is 9.89 Å². The standard InChI is InChI=1S/C24H29N3O2/c1-5-20(17-9-7-6-8-10-17)24(28)25-23-21(15-16(2)3)26-27-22(23)18-11-13-19(29-4)14-12-18/h6-14,16,20H,5,15H2,1-4H3,(H,25,28)(H,26,27)/t20-/m1/s1. The number of carbonyl (C=O) groups excluding carboxylic acids is 1. The lowest BCUT2D eigenvalue weighted by molar-refractivity contribution is -0.117. The number of aromatic nitrogens is 2. The number of nitrogens with one attached hydrogen (secondary N) is 2.